The van der Waals surface area contributed by atoms with Crippen LogP contribution in [0.1, 0.15) is 37.8 Å². The molecule has 0 spiro atoms. The van der Waals surface area contributed by atoms with Crippen LogP contribution in [-0.4, -0.2) is 42.4 Å². The first-order chi connectivity index (χ1) is 11.5. The summed E-state index contributed by atoms with van der Waals surface area (Å²) >= 11 is 5.85. The Morgan fingerprint density at radius 1 is 1.42 bits per heavy atom. The van der Waals surface area contributed by atoms with Crippen molar-refractivity contribution in [1.29, 1.82) is 0 Å². The van der Waals surface area contributed by atoms with Gasteiger partial charge in [-0.3, -0.25) is 9.59 Å². The second-order valence-corrected chi connectivity index (χ2v) is 6.26. The predicted octanol–water partition coefficient (Wildman–Crippen LogP) is 2.56. The molecular weight excluding hydrogens is 334 g/mol. The first kappa shape index (κ1) is 18.7. The first-order valence-corrected chi connectivity index (χ1v) is 8.34. The fraction of sp³-hybridized carbons (Fsp3) is 0.529. The molecule has 132 valence electrons. The second kappa shape index (κ2) is 9.01. The standard InChI is InChI=1S/C17H22ClNO5/c1-11(24-10-14-3-2-8-23-14)17(22)19-15(9-16(20)21)12-4-6-13(18)7-5-12/h4-7,11,14-15H,2-3,8-10H2,1H3,(H,19,22)(H,20,21)/t11?,14?,15-/m0/s1. The van der Waals surface area contributed by atoms with Crippen molar-refractivity contribution in [3.8, 4) is 0 Å². The van der Waals surface area contributed by atoms with E-state index in [0.717, 1.165) is 19.4 Å². The van der Waals surface area contributed by atoms with E-state index >= 15 is 0 Å². The lowest BCUT2D eigenvalue weighted by molar-refractivity contribution is -0.138. The Balaban J connectivity index is 1.92. The van der Waals surface area contributed by atoms with Crippen molar-refractivity contribution >= 4 is 23.5 Å². The fourth-order valence-electron chi connectivity index (χ4n) is 2.51. The van der Waals surface area contributed by atoms with E-state index in [2.05, 4.69) is 5.32 Å². The van der Waals surface area contributed by atoms with Crippen molar-refractivity contribution in [3.63, 3.8) is 0 Å². The maximum Gasteiger partial charge on any atom is 0.305 e. The van der Waals surface area contributed by atoms with Gasteiger partial charge in [-0.2, -0.15) is 0 Å². The summed E-state index contributed by atoms with van der Waals surface area (Å²) in [6, 6.07) is 6.09. The maximum absolute atomic E-state index is 12.3. The van der Waals surface area contributed by atoms with Gasteiger partial charge in [0.25, 0.3) is 0 Å². The van der Waals surface area contributed by atoms with E-state index < -0.39 is 18.1 Å². The quantitative estimate of drug-likeness (QED) is 0.748. The minimum atomic E-state index is -0.997. The van der Waals surface area contributed by atoms with Gasteiger partial charge in [-0.25, -0.2) is 0 Å². The average molecular weight is 356 g/mol. The third-order valence-corrected chi connectivity index (χ3v) is 4.14. The summed E-state index contributed by atoms with van der Waals surface area (Å²) in [4.78, 5) is 23.4. The second-order valence-electron chi connectivity index (χ2n) is 5.82. The van der Waals surface area contributed by atoms with Gasteiger partial charge < -0.3 is 19.9 Å². The molecule has 1 heterocycles. The van der Waals surface area contributed by atoms with Gasteiger partial charge in [0, 0.05) is 11.6 Å². The van der Waals surface area contributed by atoms with Gasteiger partial charge >= 0.3 is 5.97 Å². The minimum Gasteiger partial charge on any atom is -0.481 e. The molecule has 1 aromatic rings. The van der Waals surface area contributed by atoms with Crippen LogP contribution in [0.4, 0.5) is 0 Å². The van der Waals surface area contributed by atoms with Crippen LogP contribution in [0.2, 0.25) is 5.02 Å². The number of hydrogen-bond donors (Lipinski definition) is 2. The summed E-state index contributed by atoms with van der Waals surface area (Å²) in [6.07, 6.45) is 1.07. The van der Waals surface area contributed by atoms with Crippen molar-refractivity contribution in [2.75, 3.05) is 13.2 Å². The summed E-state index contributed by atoms with van der Waals surface area (Å²) in [5, 5.41) is 12.4. The van der Waals surface area contributed by atoms with E-state index in [0.29, 0.717) is 17.2 Å². The van der Waals surface area contributed by atoms with Gasteiger partial charge in [0.05, 0.1) is 25.2 Å². The summed E-state index contributed by atoms with van der Waals surface area (Å²) in [5.41, 5.74) is 0.682. The van der Waals surface area contributed by atoms with E-state index in [1.54, 1.807) is 31.2 Å². The number of carboxylic acid groups (broad SMARTS) is 1. The molecule has 0 radical (unpaired) electrons. The molecule has 1 amide bonds. The number of carbonyl (C=O) groups is 2. The summed E-state index contributed by atoms with van der Waals surface area (Å²) in [7, 11) is 0. The molecule has 6 nitrogen and oxygen atoms in total. The number of carbonyl (C=O) groups excluding carboxylic acids is 1. The SMILES string of the molecule is CC(OCC1CCCO1)C(=O)N[C@@H](CC(=O)O)c1ccc(Cl)cc1. The average Bonchev–Trinajstić information content (AvgIpc) is 3.05. The molecule has 24 heavy (non-hydrogen) atoms. The van der Waals surface area contributed by atoms with Crippen LogP contribution in [0.5, 0.6) is 0 Å². The highest BCUT2D eigenvalue weighted by Gasteiger charge is 2.23. The fourth-order valence-corrected chi connectivity index (χ4v) is 2.64. The lowest BCUT2D eigenvalue weighted by Gasteiger charge is -2.21. The van der Waals surface area contributed by atoms with Crippen LogP contribution >= 0.6 is 11.6 Å². The lowest BCUT2D eigenvalue weighted by Crippen LogP contribution is -2.39. The van der Waals surface area contributed by atoms with Crippen molar-refractivity contribution < 1.29 is 24.2 Å². The predicted molar refractivity (Wildman–Crippen MR) is 89.0 cm³/mol. The van der Waals surface area contributed by atoms with Crippen LogP contribution in [0.25, 0.3) is 0 Å². The van der Waals surface area contributed by atoms with Crippen molar-refractivity contribution in [2.45, 2.75) is 44.4 Å². The van der Waals surface area contributed by atoms with Crippen LogP contribution in [-0.2, 0) is 19.1 Å². The van der Waals surface area contributed by atoms with Crippen LogP contribution in [0.3, 0.4) is 0 Å². The highest BCUT2D eigenvalue weighted by molar-refractivity contribution is 6.30. The molecule has 7 heteroatoms. The maximum atomic E-state index is 12.3. The number of aliphatic carboxylic acids is 1. The lowest BCUT2D eigenvalue weighted by atomic mass is 10.0. The zero-order valence-corrected chi connectivity index (χ0v) is 14.3. The third kappa shape index (κ3) is 5.78. The van der Waals surface area contributed by atoms with Gasteiger partial charge in [-0.05, 0) is 37.5 Å². The topological polar surface area (TPSA) is 84.9 Å². The van der Waals surface area contributed by atoms with E-state index in [1.807, 2.05) is 0 Å². The Kier molecular flexibility index (Phi) is 7.02. The minimum absolute atomic E-state index is 0.0336. The van der Waals surface area contributed by atoms with Crippen molar-refractivity contribution in [1.82, 2.24) is 5.32 Å². The molecule has 3 atom stereocenters. The first-order valence-electron chi connectivity index (χ1n) is 7.96. The number of nitrogens with one attached hydrogen (secondary N) is 1. The number of amides is 1. The van der Waals surface area contributed by atoms with E-state index in [9.17, 15) is 9.59 Å². The van der Waals surface area contributed by atoms with Gasteiger partial charge in [0.1, 0.15) is 6.10 Å². The summed E-state index contributed by atoms with van der Waals surface area (Å²) < 4.78 is 11.0. The Hall–Kier alpha value is -1.63. The van der Waals surface area contributed by atoms with Crippen LogP contribution < -0.4 is 5.32 Å². The Morgan fingerprint density at radius 3 is 2.71 bits per heavy atom. The number of ether oxygens (including phenoxy) is 2. The van der Waals surface area contributed by atoms with E-state index in [1.165, 1.54) is 0 Å². The molecule has 0 aliphatic carbocycles. The normalized spacial score (nSPS) is 19.7. The molecule has 0 saturated carbocycles. The van der Waals surface area contributed by atoms with Crippen LogP contribution in [0.15, 0.2) is 24.3 Å². The number of carboxylic acids is 1. The molecule has 2 rings (SSSR count). The molecule has 0 bridgehead atoms. The molecule has 2 N–H and O–H groups in total. The Bertz CT molecular complexity index is 557. The molecular formula is C17H22ClNO5. The van der Waals surface area contributed by atoms with Gasteiger partial charge in [-0.15, -0.1) is 0 Å². The van der Waals surface area contributed by atoms with E-state index in [-0.39, 0.29) is 18.4 Å². The molecule has 1 aliphatic heterocycles. The monoisotopic (exact) mass is 355 g/mol. The third-order valence-electron chi connectivity index (χ3n) is 3.89. The molecule has 2 unspecified atom stereocenters. The van der Waals surface area contributed by atoms with Gasteiger partial charge in [0.15, 0.2) is 0 Å². The molecule has 1 saturated heterocycles. The van der Waals surface area contributed by atoms with Gasteiger partial charge in [-0.1, -0.05) is 23.7 Å². The number of benzene rings is 1. The number of rotatable bonds is 8. The molecule has 0 aromatic heterocycles. The van der Waals surface area contributed by atoms with Crippen molar-refractivity contribution in [3.05, 3.63) is 34.9 Å². The van der Waals surface area contributed by atoms with E-state index in [4.69, 9.17) is 26.2 Å². The largest absolute Gasteiger partial charge is 0.481 e. The zero-order chi connectivity index (χ0) is 17.5. The summed E-state index contributed by atoms with van der Waals surface area (Å²) in [6.45, 7) is 2.73. The van der Waals surface area contributed by atoms with Crippen LogP contribution in [0, 0.1) is 0 Å². The number of hydrogen-bond acceptors (Lipinski definition) is 4. The number of halogens is 1. The highest BCUT2D eigenvalue weighted by Crippen LogP contribution is 2.20. The molecule has 1 fully saturated rings. The van der Waals surface area contributed by atoms with Gasteiger partial charge in [0.2, 0.25) is 5.91 Å². The summed E-state index contributed by atoms with van der Waals surface area (Å²) in [5.74, 6) is -1.35. The highest BCUT2D eigenvalue weighted by atomic mass is 35.5. The van der Waals surface area contributed by atoms with Crippen molar-refractivity contribution in [2.24, 2.45) is 0 Å². The molecule has 1 aromatic carbocycles. The Labute approximate surface area is 146 Å². The Morgan fingerprint density at radius 2 is 2.12 bits per heavy atom. The smallest absolute Gasteiger partial charge is 0.305 e. The zero-order valence-electron chi connectivity index (χ0n) is 13.5. The molecule has 1 aliphatic rings.